The molecule has 1 aliphatic heterocycles. The number of aryl methyl sites for hydroxylation is 3. The molecule has 3 aromatic rings. The molecule has 6 heteroatoms. The maximum Gasteiger partial charge on any atom is 0.260 e. The minimum atomic E-state index is -0.00638. The molecule has 0 N–H and O–H groups in total. The Hall–Kier alpha value is -3.02. The van der Waals surface area contributed by atoms with Crippen molar-refractivity contribution >= 4 is 11.6 Å². The summed E-state index contributed by atoms with van der Waals surface area (Å²) in [5.41, 5.74) is 6.12. The first-order valence-corrected chi connectivity index (χ1v) is 8.34. The third-order valence-corrected chi connectivity index (χ3v) is 4.51. The molecule has 0 spiro atoms. The van der Waals surface area contributed by atoms with E-state index in [1.165, 1.54) is 0 Å². The number of hydrogen-bond donors (Lipinski definition) is 0. The fourth-order valence-electron chi connectivity index (χ4n) is 3.23. The molecule has 0 radical (unpaired) electrons. The molecule has 0 unspecified atom stereocenters. The van der Waals surface area contributed by atoms with Crippen molar-refractivity contribution in [2.45, 2.75) is 33.9 Å². The second-order valence-electron chi connectivity index (χ2n) is 6.28. The minimum absolute atomic E-state index is 0.00638. The van der Waals surface area contributed by atoms with Gasteiger partial charge in [0.05, 0.1) is 35.4 Å². The normalized spacial score (nSPS) is 13.4. The molecule has 1 amide bonds. The Balaban J connectivity index is 1.74. The second kappa shape index (κ2) is 5.81. The molecule has 6 nitrogen and oxygen atoms in total. The van der Waals surface area contributed by atoms with Crippen LogP contribution in [0.5, 0.6) is 0 Å². The molecule has 0 saturated carbocycles. The van der Waals surface area contributed by atoms with Crippen LogP contribution in [-0.2, 0) is 13.1 Å². The van der Waals surface area contributed by atoms with E-state index in [9.17, 15) is 4.79 Å². The zero-order valence-corrected chi connectivity index (χ0v) is 14.5. The van der Waals surface area contributed by atoms with Crippen LogP contribution in [0.3, 0.4) is 0 Å². The maximum absolute atomic E-state index is 12.9. The molecule has 0 bridgehead atoms. The van der Waals surface area contributed by atoms with Gasteiger partial charge in [-0.15, -0.1) is 0 Å². The van der Waals surface area contributed by atoms with Crippen molar-refractivity contribution in [3.8, 4) is 11.3 Å². The zero-order valence-electron chi connectivity index (χ0n) is 14.5. The van der Waals surface area contributed by atoms with Crippen LogP contribution in [0.1, 0.15) is 34.2 Å². The highest BCUT2D eigenvalue weighted by molar-refractivity contribution is 6.10. The number of anilines is 1. The molecule has 4 heterocycles. The molecule has 3 aromatic heterocycles. The average Bonchev–Trinajstić information content (AvgIpc) is 3.19. The molecule has 0 fully saturated rings. The van der Waals surface area contributed by atoms with E-state index in [2.05, 4.69) is 10.1 Å². The summed E-state index contributed by atoms with van der Waals surface area (Å²) in [5.74, 6) is -0.00638. The molecule has 4 rings (SSSR count). The molecule has 1 aliphatic rings. The van der Waals surface area contributed by atoms with Crippen molar-refractivity contribution in [2.24, 2.45) is 0 Å². The summed E-state index contributed by atoms with van der Waals surface area (Å²) in [7, 11) is 0. The number of pyridine rings is 2. The summed E-state index contributed by atoms with van der Waals surface area (Å²) in [6.45, 7) is 7.20. The van der Waals surface area contributed by atoms with Crippen LogP contribution < -0.4 is 4.90 Å². The van der Waals surface area contributed by atoms with Gasteiger partial charge in [-0.2, -0.15) is 5.10 Å². The summed E-state index contributed by atoms with van der Waals surface area (Å²) < 4.78 is 1.82. The van der Waals surface area contributed by atoms with E-state index in [1.807, 2.05) is 49.8 Å². The van der Waals surface area contributed by atoms with Crippen LogP contribution in [-0.4, -0.2) is 25.7 Å². The lowest BCUT2D eigenvalue weighted by molar-refractivity contribution is 0.0996. The Morgan fingerprint density at radius 3 is 2.80 bits per heavy atom. The van der Waals surface area contributed by atoms with Gasteiger partial charge < -0.3 is 0 Å². The smallest absolute Gasteiger partial charge is 0.260 e. The number of aromatic nitrogens is 4. The molecule has 0 aliphatic carbocycles. The van der Waals surface area contributed by atoms with Gasteiger partial charge in [-0.25, -0.2) is 0 Å². The first-order valence-electron chi connectivity index (χ1n) is 8.34. The highest BCUT2D eigenvalue weighted by Gasteiger charge is 2.32. The molecule has 126 valence electrons. The van der Waals surface area contributed by atoms with E-state index in [0.717, 1.165) is 40.4 Å². The Bertz CT molecular complexity index is 976. The van der Waals surface area contributed by atoms with Crippen LogP contribution in [0.4, 0.5) is 5.69 Å². The van der Waals surface area contributed by atoms with Crippen molar-refractivity contribution in [2.75, 3.05) is 4.90 Å². The van der Waals surface area contributed by atoms with Crippen LogP contribution >= 0.6 is 0 Å². The summed E-state index contributed by atoms with van der Waals surface area (Å²) in [5, 5.41) is 4.27. The number of hydrogen-bond acceptors (Lipinski definition) is 4. The van der Waals surface area contributed by atoms with Gasteiger partial charge in [-0.05, 0) is 44.5 Å². The predicted octanol–water partition coefficient (Wildman–Crippen LogP) is 3.14. The van der Waals surface area contributed by atoms with Gasteiger partial charge in [0.1, 0.15) is 0 Å². The Kier molecular flexibility index (Phi) is 3.60. The van der Waals surface area contributed by atoms with Gasteiger partial charge in [0, 0.05) is 30.2 Å². The topological polar surface area (TPSA) is 63.9 Å². The third-order valence-electron chi connectivity index (χ3n) is 4.51. The Morgan fingerprint density at radius 2 is 2.08 bits per heavy atom. The van der Waals surface area contributed by atoms with Gasteiger partial charge in [-0.1, -0.05) is 0 Å². The average molecular weight is 333 g/mol. The molecular formula is C19H19N5O. The summed E-state index contributed by atoms with van der Waals surface area (Å²) in [4.78, 5) is 23.6. The largest absolute Gasteiger partial charge is 0.299 e. The van der Waals surface area contributed by atoms with Gasteiger partial charge in [0.25, 0.3) is 5.91 Å². The SMILES string of the molecule is CCn1cc(N2Cc3nc(-c4ccnc(C)c4)cc(C)c3C2=O)cn1. The fraction of sp³-hybridized carbons (Fsp3) is 0.263. The monoisotopic (exact) mass is 333 g/mol. The van der Waals surface area contributed by atoms with Gasteiger partial charge in [0.15, 0.2) is 0 Å². The quantitative estimate of drug-likeness (QED) is 0.739. The van der Waals surface area contributed by atoms with E-state index < -0.39 is 0 Å². The van der Waals surface area contributed by atoms with Gasteiger partial charge in [0.2, 0.25) is 0 Å². The second-order valence-corrected chi connectivity index (χ2v) is 6.28. The van der Waals surface area contributed by atoms with Gasteiger partial charge >= 0.3 is 0 Å². The number of amides is 1. The maximum atomic E-state index is 12.9. The van der Waals surface area contributed by atoms with Crippen LogP contribution in [0.25, 0.3) is 11.3 Å². The number of nitrogens with zero attached hydrogens (tertiary/aromatic N) is 5. The fourth-order valence-corrected chi connectivity index (χ4v) is 3.23. The number of carbonyl (C=O) groups excluding carboxylic acids is 1. The van der Waals surface area contributed by atoms with Crippen LogP contribution in [0.2, 0.25) is 0 Å². The highest BCUT2D eigenvalue weighted by atomic mass is 16.2. The van der Waals surface area contributed by atoms with E-state index in [-0.39, 0.29) is 5.91 Å². The molecule has 0 atom stereocenters. The Labute approximate surface area is 146 Å². The molecule has 0 aromatic carbocycles. The summed E-state index contributed by atoms with van der Waals surface area (Å²) >= 11 is 0. The van der Waals surface area contributed by atoms with Crippen molar-refractivity contribution in [1.82, 2.24) is 19.7 Å². The van der Waals surface area contributed by atoms with Gasteiger partial charge in [-0.3, -0.25) is 24.3 Å². The Morgan fingerprint density at radius 1 is 1.24 bits per heavy atom. The first-order chi connectivity index (χ1) is 12.1. The predicted molar refractivity (Wildman–Crippen MR) is 95.4 cm³/mol. The van der Waals surface area contributed by atoms with E-state index in [0.29, 0.717) is 12.1 Å². The van der Waals surface area contributed by atoms with E-state index >= 15 is 0 Å². The highest BCUT2D eigenvalue weighted by Crippen LogP contribution is 2.31. The van der Waals surface area contributed by atoms with E-state index in [1.54, 1.807) is 17.3 Å². The lowest BCUT2D eigenvalue weighted by Gasteiger charge is -2.12. The van der Waals surface area contributed by atoms with Crippen molar-refractivity contribution in [3.63, 3.8) is 0 Å². The third kappa shape index (κ3) is 2.59. The lowest BCUT2D eigenvalue weighted by atomic mass is 10.0. The van der Waals surface area contributed by atoms with Crippen LogP contribution in [0.15, 0.2) is 36.8 Å². The number of rotatable bonds is 3. The first kappa shape index (κ1) is 15.5. The number of fused-ring (bicyclic) bond motifs is 1. The molecule has 25 heavy (non-hydrogen) atoms. The standard InChI is InChI=1S/C19H19N5O/c1-4-23-10-15(9-21-23)24-11-17-18(19(24)25)12(2)7-16(22-17)14-5-6-20-13(3)8-14/h5-10H,4,11H2,1-3H3. The molecular weight excluding hydrogens is 314 g/mol. The van der Waals surface area contributed by atoms with Crippen molar-refractivity contribution in [3.05, 3.63) is 59.3 Å². The number of carbonyl (C=O) groups is 1. The minimum Gasteiger partial charge on any atom is -0.299 e. The summed E-state index contributed by atoms with van der Waals surface area (Å²) in [6.07, 6.45) is 5.41. The molecule has 0 saturated heterocycles. The van der Waals surface area contributed by atoms with Crippen molar-refractivity contribution in [1.29, 1.82) is 0 Å². The summed E-state index contributed by atoms with van der Waals surface area (Å²) in [6, 6.07) is 5.93. The van der Waals surface area contributed by atoms with Crippen LogP contribution in [0, 0.1) is 13.8 Å². The zero-order chi connectivity index (χ0) is 17.6. The van der Waals surface area contributed by atoms with Crippen molar-refractivity contribution < 1.29 is 4.79 Å². The van der Waals surface area contributed by atoms with E-state index in [4.69, 9.17) is 4.98 Å². The lowest BCUT2D eigenvalue weighted by Crippen LogP contribution is -2.22.